The number of rotatable bonds is 5. The van der Waals surface area contributed by atoms with Crippen molar-refractivity contribution >= 4 is 16.7 Å². The van der Waals surface area contributed by atoms with Crippen LogP contribution in [0.2, 0.25) is 0 Å². The first-order chi connectivity index (χ1) is 12.8. The molecule has 0 heterocycles. The maximum absolute atomic E-state index is 13.2. The van der Waals surface area contributed by atoms with Crippen molar-refractivity contribution in [2.75, 3.05) is 0 Å². The van der Waals surface area contributed by atoms with Gasteiger partial charge in [-0.3, -0.25) is 4.79 Å². The lowest BCUT2D eigenvalue weighted by Gasteiger charge is -2.24. The molecule has 3 heteroatoms. The molecule has 2 nitrogen and oxygen atoms in total. The third-order valence-corrected chi connectivity index (χ3v) is 4.43. The number of benzene rings is 3. The van der Waals surface area contributed by atoms with Crippen molar-refractivity contribution in [1.82, 2.24) is 0 Å². The van der Waals surface area contributed by atoms with E-state index < -0.39 is 5.60 Å². The summed E-state index contributed by atoms with van der Waals surface area (Å²) in [5.74, 6) is -0.821. The molecular weight excluding hydrogens is 339 g/mol. The van der Waals surface area contributed by atoms with Gasteiger partial charge in [-0.05, 0) is 67.6 Å². The molecule has 3 aromatic carbocycles. The number of ether oxygens (including phenoxy) is 1. The van der Waals surface area contributed by atoms with E-state index in [0.717, 1.165) is 16.5 Å². The Balaban J connectivity index is 1.85. The van der Waals surface area contributed by atoms with Gasteiger partial charge in [0.05, 0.1) is 5.92 Å². The normalized spacial score (nSPS) is 12.7. The summed E-state index contributed by atoms with van der Waals surface area (Å²) in [4.78, 5) is 12.8. The zero-order chi connectivity index (χ0) is 19.4. The molecule has 0 bridgehead atoms. The number of carbonyl (C=O) groups excluding carboxylic acids is 1. The number of fused-ring (bicyclic) bond motifs is 1. The summed E-state index contributed by atoms with van der Waals surface area (Å²) in [6.45, 7) is 5.61. The molecule has 0 unspecified atom stereocenters. The van der Waals surface area contributed by atoms with Crippen LogP contribution in [-0.2, 0) is 22.4 Å². The molecule has 0 saturated heterocycles. The lowest BCUT2D eigenvalue weighted by Crippen LogP contribution is -2.31. The van der Waals surface area contributed by atoms with Gasteiger partial charge in [0.2, 0.25) is 0 Å². The van der Waals surface area contributed by atoms with Gasteiger partial charge in [-0.2, -0.15) is 0 Å². The molecule has 3 aromatic rings. The zero-order valence-corrected chi connectivity index (χ0v) is 16.0. The molecule has 0 spiro atoms. The van der Waals surface area contributed by atoms with Crippen molar-refractivity contribution in [2.24, 2.45) is 5.92 Å². The molecule has 3 rings (SSSR count). The number of esters is 1. The fraction of sp³-hybridized carbons (Fsp3) is 0.292. The third kappa shape index (κ3) is 5.40. The molecule has 140 valence electrons. The van der Waals surface area contributed by atoms with Gasteiger partial charge < -0.3 is 4.74 Å². The second-order valence-corrected chi connectivity index (χ2v) is 7.95. The van der Waals surface area contributed by atoms with Crippen LogP contribution in [-0.4, -0.2) is 11.6 Å². The summed E-state index contributed by atoms with van der Waals surface area (Å²) in [6, 6.07) is 20.7. The number of hydrogen-bond acceptors (Lipinski definition) is 2. The van der Waals surface area contributed by atoms with E-state index >= 15 is 0 Å². The van der Waals surface area contributed by atoms with E-state index in [-0.39, 0.29) is 17.7 Å². The lowest BCUT2D eigenvalue weighted by atomic mass is 9.91. The highest BCUT2D eigenvalue weighted by Gasteiger charge is 2.26. The third-order valence-electron chi connectivity index (χ3n) is 4.43. The van der Waals surface area contributed by atoms with Gasteiger partial charge >= 0.3 is 5.97 Å². The first-order valence-corrected chi connectivity index (χ1v) is 9.25. The summed E-state index contributed by atoms with van der Waals surface area (Å²) >= 11 is 0. The predicted molar refractivity (Wildman–Crippen MR) is 107 cm³/mol. The second kappa shape index (κ2) is 7.91. The molecule has 0 fully saturated rings. The van der Waals surface area contributed by atoms with Crippen LogP contribution in [0.4, 0.5) is 4.39 Å². The fourth-order valence-electron chi connectivity index (χ4n) is 3.18. The zero-order valence-electron chi connectivity index (χ0n) is 16.0. The van der Waals surface area contributed by atoms with Crippen molar-refractivity contribution < 1.29 is 13.9 Å². The highest BCUT2D eigenvalue weighted by molar-refractivity contribution is 5.83. The molecule has 0 aliphatic heterocycles. The van der Waals surface area contributed by atoms with Crippen molar-refractivity contribution in [3.05, 3.63) is 83.7 Å². The first-order valence-electron chi connectivity index (χ1n) is 9.25. The minimum Gasteiger partial charge on any atom is -0.460 e. The van der Waals surface area contributed by atoms with Crippen molar-refractivity contribution in [2.45, 2.75) is 39.2 Å². The van der Waals surface area contributed by atoms with Crippen LogP contribution in [0.1, 0.15) is 31.9 Å². The van der Waals surface area contributed by atoms with Crippen LogP contribution in [0.3, 0.4) is 0 Å². The van der Waals surface area contributed by atoms with Crippen LogP contribution < -0.4 is 0 Å². The first kappa shape index (κ1) is 19.1. The average molecular weight is 364 g/mol. The summed E-state index contributed by atoms with van der Waals surface area (Å²) < 4.78 is 18.9. The monoisotopic (exact) mass is 364 g/mol. The molecule has 0 aromatic heterocycles. The molecule has 0 aliphatic rings. The molecule has 0 radical (unpaired) electrons. The highest BCUT2D eigenvalue weighted by atomic mass is 19.1. The Morgan fingerprint density at radius 3 is 2.15 bits per heavy atom. The van der Waals surface area contributed by atoms with Gasteiger partial charge in [-0.1, -0.05) is 54.6 Å². The molecular formula is C24H25FO2. The quantitative estimate of drug-likeness (QED) is 0.541. The molecule has 0 N–H and O–H groups in total. The Bertz CT molecular complexity index is 923. The summed E-state index contributed by atoms with van der Waals surface area (Å²) in [6.07, 6.45) is 1.10. The van der Waals surface area contributed by atoms with Crippen LogP contribution in [0.15, 0.2) is 66.7 Å². The van der Waals surface area contributed by atoms with Crippen molar-refractivity contribution in [3.8, 4) is 0 Å². The van der Waals surface area contributed by atoms with E-state index in [9.17, 15) is 9.18 Å². The maximum Gasteiger partial charge on any atom is 0.310 e. The van der Waals surface area contributed by atoms with Crippen molar-refractivity contribution in [3.63, 3.8) is 0 Å². The summed E-state index contributed by atoms with van der Waals surface area (Å²) in [5.41, 5.74) is 1.47. The van der Waals surface area contributed by atoms with E-state index in [2.05, 4.69) is 30.3 Å². The lowest BCUT2D eigenvalue weighted by molar-refractivity contribution is -0.159. The molecule has 0 aliphatic carbocycles. The van der Waals surface area contributed by atoms with Gasteiger partial charge in [-0.15, -0.1) is 0 Å². The van der Waals surface area contributed by atoms with Gasteiger partial charge in [0.1, 0.15) is 11.4 Å². The number of halogens is 1. The SMILES string of the molecule is CC(C)(C)OC(=O)[C@H](Cc1ccc(F)cc1)Cc1ccc2ccccc2c1. The number of hydrogen-bond donors (Lipinski definition) is 0. The fourth-order valence-corrected chi connectivity index (χ4v) is 3.18. The number of carbonyl (C=O) groups is 1. The Morgan fingerprint density at radius 1 is 0.889 bits per heavy atom. The highest BCUT2D eigenvalue weighted by Crippen LogP contribution is 2.23. The summed E-state index contributed by atoms with van der Waals surface area (Å²) in [7, 11) is 0. The molecule has 0 saturated carbocycles. The standard InChI is InChI=1S/C24H25FO2/c1-24(2,3)27-23(26)21(14-17-9-12-22(25)13-10-17)16-18-8-11-19-6-4-5-7-20(19)15-18/h4-13,15,21H,14,16H2,1-3H3/t21-/m1/s1. The Hall–Kier alpha value is -2.68. The molecule has 0 amide bonds. The van der Waals surface area contributed by atoms with Gasteiger partial charge in [0, 0.05) is 0 Å². The van der Waals surface area contributed by atoms with E-state index in [1.807, 2.05) is 32.9 Å². The second-order valence-electron chi connectivity index (χ2n) is 7.95. The smallest absolute Gasteiger partial charge is 0.310 e. The topological polar surface area (TPSA) is 26.3 Å². The van der Waals surface area contributed by atoms with Crippen LogP contribution in [0.25, 0.3) is 10.8 Å². The predicted octanol–water partition coefficient (Wildman–Crippen LogP) is 5.72. The van der Waals surface area contributed by atoms with E-state index in [1.165, 1.54) is 17.5 Å². The van der Waals surface area contributed by atoms with Crippen LogP contribution in [0, 0.1) is 11.7 Å². The Kier molecular flexibility index (Phi) is 5.59. The maximum atomic E-state index is 13.2. The minimum absolute atomic E-state index is 0.222. The molecule has 1 atom stereocenters. The van der Waals surface area contributed by atoms with Crippen LogP contribution >= 0.6 is 0 Å². The average Bonchev–Trinajstić information content (AvgIpc) is 2.61. The van der Waals surface area contributed by atoms with Crippen molar-refractivity contribution in [1.29, 1.82) is 0 Å². The van der Waals surface area contributed by atoms with E-state index in [1.54, 1.807) is 12.1 Å². The Morgan fingerprint density at radius 2 is 1.48 bits per heavy atom. The van der Waals surface area contributed by atoms with Crippen LogP contribution in [0.5, 0.6) is 0 Å². The van der Waals surface area contributed by atoms with Gasteiger partial charge in [0.25, 0.3) is 0 Å². The Labute approximate surface area is 160 Å². The van der Waals surface area contributed by atoms with E-state index in [0.29, 0.717) is 12.8 Å². The largest absolute Gasteiger partial charge is 0.460 e. The molecule has 27 heavy (non-hydrogen) atoms. The minimum atomic E-state index is -0.540. The van der Waals surface area contributed by atoms with Gasteiger partial charge in [-0.25, -0.2) is 4.39 Å². The van der Waals surface area contributed by atoms with Gasteiger partial charge in [0.15, 0.2) is 0 Å². The summed E-state index contributed by atoms with van der Waals surface area (Å²) in [5, 5.41) is 2.33. The van der Waals surface area contributed by atoms with E-state index in [4.69, 9.17) is 4.74 Å².